The van der Waals surface area contributed by atoms with Gasteiger partial charge in [0.25, 0.3) is 5.91 Å². The molecule has 0 spiro atoms. The highest BCUT2D eigenvalue weighted by atomic mass is 127. The van der Waals surface area contributed by atoms with Crippen molar-refractivity contribution in [2.45, 2.75) is 12.5 Å². The maximum absolute atomic E-state index is 11.9. The van der Waals surface area contributed by atoms with Gasteiger partial charge in [0.1, 0.15) is 6.04 Å². The van der Waals surface area contributed by atoms with E-state index in [2.05, 4.69) is 27.9 Å². The second-order valence-electron chi connectivity index (χ2n) is 3.66. The van der Waals surface area contributed by atoms with Gasteiger partial charge in [-0.2, -0.15) is 11.8 Å². The quantitative estimate of drug-likeness (QED) is 0.744. The van der Waals surface area contributed by atoms with Crippen molar-refractivity contribution in [1.82, 2.24) is 5.32 Å². The van der Waals surface area contributed by atoms with Crippen LogP contribution in [0.4, 0.5) is 0 Å². The highest BCUT2D eigenvalue weighted by Crippen LogP contribution is 2.09. The van der Waals surface area contributed by atoms with Gasteiger partial charge in [0, 0.05) is 9.13 Å². The summed E-state index contributed by atoms with van der Waals surface area (Å²) in [5, 5.41) is 11.6. The molecule has 0 saturated heterocycles. The molecule has 1 rings (SSSR count). The lowest BCUT2D eigenvalue weighted by molar-refractivity contribution is -0.139. The van der Waals surface area contributed by atoms with Crippen LogP contribution in [0.15, 0.2) is 24.3 Å². The molecule has 0 saturated carbocycles. The van der Waals surface area contributed by atoms with Crippen LogP contribution in [-0.4, -0.2) is 35.0 Å². The Morgan fingerprint density at radius 2 is 2.22 bits per heavy atom. The van der Waals surface area contributed by atoms with Gasteiger partial charge in [-0.25, -0.2) is 4.79 Å². The Morgan fingerprint density at radius 1 is 1.50 bits per heavy atom. The molecule has 0 aromatic heterocycles. The first kappa shape index (κ1) is 15.3. The lowest BCUT2D eigenvalue weighted by Crippen LogP contribution is -2.41. The minimum atomic E-state index is -0.997. The van der Waals surface area contributed by atoms with Gasteiger partial charge in [-0.1, -0.05) is 6.07 Å². The van der Waals surface area contributed by atoms with Crippen LogP contribution in [0.1, 0.15) is 16.8 Å². The molecule has 0 aliphatic rings. The van der Waals surface area contributed by atoms with E-state index >= 15 is 0 Å². The van der Waals surface area contributed by atoms with Crippen molar-refractivity contribution in [1.29, 1.82) is 0 Å². The van der Waals surface area contributed by atoms with E-state index in [0.29, 0.717) is 17.7 Å². The van der Waals surface area contributed by atoms with E-state index in [4.69, 9.17) is 5.11 Å². The number of nitrogens with one attached hydrogen (secondary N) is 1. The molecule has 98 valence electrons. The number of carbonyl (C=O) groups excluding carboxylic acids is 1. The molecule has 1 aromatic carbocycles. The molecule has 4 nitrogen and oxygen atoms in total. The zero-order valence-electron chi connectivity index (χ0n) is 9.85. The monoisotopic (exact) mass is 379 g/mol. The summed E-state index contributed by atoms with van der Waals surface area (Å²) in [5.41, 5.74) is 0.484. The van der Waals surface area contributed by atoms with Crippen LogP contribution in [-0.2, 0) is 4.79 Å². The number of hydrogen-bond acceptors (Lipinski definition) is 3. The fraction of sp³-hybridized carbons (Fsp3) is 0.333. The second kappa shape index (κ2) is 7.63. The minimum absolute atomic E-state index is 0.345. The van der Waals surface area contributed by atoms with Crippen molar-refractivity contribution >= 4 is 46.2 Å². The van der Waals surface area contributed by atoms with Gasteiger partial charge < -0.3 is 10.4 Å². The Bertz CT molecular complexity index is 439. The number of carboxylic acid groups (broad SMARTS) is 1. The Balaban J connectivity index is 2.69. The first-order chi connectivity index (χ1) is 8.54. The predicted molar refractivity (Wildman–Crippen MR) is 81.0 cm³/mol. The summed E-state index contributed by atoms with van der Waals surface area (Å²) in [4.78, 5) is 22.9. The Hall–Kier alpha value is -0.760. The van der Waals surface area contributed by atoms with Gasteiger partial charge in [-0.3, -0.25) is 4.79 Å². The number of carbonyl (C=O) groups is 2. The highest BCUT2D eigenvalue weighted by Gasteiger charge is 2.20. The molecule has 0 radical (unpaired) electrons. The van der Waals surface area contributed by atoms with Crippen molar-refractivity contribution in [3.63, 3.8) is 0 Å². The summed E-state index contributed by atoms with van der Waals surface area (Å²) in [5.74, 6) is -0.645. The summed E-state index contributed by atoms with van der Waals surface area (Å²) in [6.07, 6.45) is 2.33. The van der Waals surface area contributed by atoms with Crippen LogP contribution in [0.25, 0.3) is 0 Å². The minimum Gasteiger partial charge on any atom is -0.480 e. The van der Waals surface area contributed by atoms with Gasteiger partial charge in [0.15, 0.2) is 0 Å². The number of hydrogen-bond donors (Lipinski definition) is 2. The predicted octanol–water partition coefficient (Wildman–Crippen LogP) is 2.23. The highest BCUT2D eigenvalue weighted by molar-refractivity contribution is 14.1. The summed E-state index contributed by atoms with van der Waals surface area (Å²) in [7, 11) is 0. The maximum Gasteiger partial charge on any atom is 0.326 e. The van der Waals surface area contributed by atoms with E-state index in [0.717, 1.165) is 3.57 Å². The van der Waals surface area contributed by atoms with Crippen LogP contribution in [0, 0.1) is 3.57 Å². The van der Waals surface area contributed by atoms with Gasteiger partial charge in [0.05, 0.1) is 0 Å². The average molecular weight is 379 g/mol. The molecule has 0 aliphatic heterocycles. The van der Waals surface area contributed by atoms with E-state index in [-0.39, 0.29) is 5.91 Å². The molecule has 6 heteroatoms. The van der Waals surface area contributed by atoms with Crippen molar-refractivity contribution in [2.75, 3.05) is 12.0 Å². The summed E-state index contributed by atoms with van der Waals surface area (Å²) in [6.45, 7) is 0. The molecular weight excluding hydrogens is 365 g/mol. The van der Waals surface area contributed by atoms with Gasteiger partial charge in [-0.05, 0) is 59.2 Å². The maximum atomic E-state index is 11.9. The first-order valence-electron chi connectivity index (χ1n) is 5.32. The van der Waals surface area contributed by atoms with Crippen LogP contribution >= 0.6 is 34.4 Å². The summed E-state index contributed by atoms with van der Waals surface area (Å²) >= 11 is 3.67. The van der Waals surface area contributed by atoms with Crippen LogP contribution < -0.4 is 5.32 Å². The van der Waals surface area contributed by atoms with E-state index in [1.165, 1.54) is 0 Å². The first-order valence-corrected chi connectivity index (χ1v) is 7.80. The van der Waals surface area contributed by atoms with E-state index < -0.39 is 12.0 Å². The normalized spacial score (nSPS) is 11.9. The van der Waals surface area contributed by atoms with Gasteiger partial charge >= 0.3 is 5.97 Å². The van der Waals surface area contributed by atoms with Crippen LogP contribution in [0.2, 0.25) is 0 Å². The standard InChI is InChI=1S/C12H14INO3S/c1-18-6-5-10(12(16)17)14-11(15)8-3-2-4-9(13)7-8/h2-4,7,10H,5-6H2,1H3,(H,14,15)(H,16,17). The largest absolute Gasteiger partial charge is 0.480 e. The SMILES string of the molecule is CSCCC(NC(=O)c1cccc(I)c1)C(=O)O. The van der Waals surface area contributed by atoms with E-state index in [1.807, 2.05) is 12.3 Å². The molecule has 0 aliphatic carbocycles. The molecule has 1 atom stereocenters. The van der Waals surface area contributed by atoms with E-state index in [1.54, 1.807) is 30.0 Å². The lowest BCUT2D eigenvalue weighted by atomic mass is 10.1. The van der Waals surface area contributed by atoms with Gasteiger partial charge in [-0.15, -0.1) is 0 Å². The number of aliphatic carboxylic acids is 1. The molecular formula is C12H14INO3S. The van der Waals surface area contributed by atoms with Crippen molar-refractivity contribution in [3.8, 4) is 0 Å². The number of rotatable bonds is 6. The van der Waals surface area contributed by atoms with Crippen molar-refractivity contribution < 1.29 is 14.7 Å². The smallest absolute Gasteiger partial charge is 0.326 e. The molecule has 18 heavy (non-hydrogen) atoms. The molecule has 1 aromatic rings. The fourth-order valence-corrected chi connectivity index (χ4v) is 2.38. The van der Waals surface area contributed by atoms with E-state index in [9.17, 15) is 9.59 Å². The molecule has 1 unspecified atom stereocenters. The Kier molecular flexibility index (Phi) is 6.48. The third-order valence-corrected chi connectivity index (χ3v) is 3.62. The number of halogens is 1. The number of carboxylic acids is 1. The molecule has 1 amide bonds. The van der Waals surface area contributed by atoms with Crippen LogP contribution in [0.5, 0.6) is 0 Å². The topological polar surface area (TPSA) is 66.4 Å². The third-order valence-electron chi connectivity index (χ3n) is 2.30. The molecule has 0 heterocycles. The number of amides is 1. The second-order valence-corrected chi connectivity index (χ2v) is 5.89. The molecule has 0 bridgehead atoms. The van der Waals surface area contributed by atoms with Crippen molar-refractivity contribution in [3.05, 3.63) is 33.4 Å². The zero-order valence-corrected chi connectivity index (χ0v) is 12.8. The average Bonchev–Trinajstić information content (AvgIpc) is 2.33. The molecule has 2 N–H and O–H groups in total. The Labute approximate surface area is 124 Å². The number of thioether (sulfide) groups is 1. The number of benzene rings is 1. The third kappa shape index (κ3) is 4.85. The lowest BCUT2D eigenvalue weighted by Gasteiger charge is -2.14. The summed E-state index contributed by atoms with van der Waals surface area (Å²) in [6, 6.07) is 6.21. The van der Waals surface area contributed by atoms with Gasteiger partial charge in [0.2, 0.25) is 0 Å². The van der Waals surface area contributed by atoms with Crippen LogP contribution in [0.3, 0.4) is 0 Å². The molecule has 0 fully saturated rings. The van der Waals surface area contributed by atoms with Crippen molar-refractivity contribution in [2.24, 2.45) is 0 Å². The fourth-order valence-electron chi connectivity index (χ4n) is 1.36. The zero-order chi connectivity index (χ0) is 13.5. The Morgan fingerprint density at radius 3 is 2.78 bits per heavy atom. The summed E-state index contributed by atoms with van der Waals surface area (Å²) < 4.78 is 0.941.